The van der Waals surface area contributed by atoms with E-state index in [1.165, 1.54) is 6.33 Å². The summed E-state index contributed by atoms with van der Waals surface area (Å²) < 4.78 is 3.26. The number of halogens is 2. The first-order chi connectivity index (χ1) is 14.9. The third kappa shape index (κ3) is 4.47. The molecule has 1 N–H and O–H groups in total. The van der Waals surface area contributed by atoms with Gasteiger partial charge in [0.25, 0.3) is 5.91 Å². The molecule has 2 heterocycles. The fraction of sp³-hybridized carbons (Fsp3) is 0.182. The van der Waals surface area contributed by atoms with Crippen LogP contribution in [0.25, 0.3) is 5.69 Å². The molecule has 0 spiro atoms. The predicted molar refractivity (Wildman–Crippen MR) is 120 cm³/mol. The number of rotatable bonds is 6. The molecule has 31 heavy (non-hydrogen) atoms. The van der Waals surface area contributed by atoms with Gasteiger partial charge in [-0.05, 0) is 43.2 Å². The highest BCUT2D eigenvalue weighted by molar-refractivity contribution is 6.33. The van der Waals surface area contributed by atoms with Crippen LogP contribution in [0.2, 0.25) is 10.2 Å². The summed E-state index contributed by atoms with van der Waals surface area (Å²) >= 11 is 12.8. The van der Waals surface area contributed by atoms with Crippen LogP contribution in [0.1, 0.15) is 40.1 Å². The number of hydrogen-bond donors (Lipinski definition) is 1. The summed E-state index contributed by atoms with van der Waals surface area (Å²) in [4.78, 5) is 16.9. The monoisotopic (exact) mass is 454 g/mol. The molecular formula is C22H20Cl2N6O. The number of hydrogen-bond acceptors (Lipinski definition) is 4. The average molecular weight is 455 g/mol. The number of benzene rings is 2. The Morgan fingerprint density at radius 2 is 1.87 bits per heavy atom. The van der Waals surface area contributed by atoms with Gasteiger partial charge in [0.1, 0.15) is 17.8 Å². The Hall–Kier alpha value is -3.16. The molecule has 0 bridgehead atoms. The molecule has 9 heteroatoms. The first-order valence-electron chi connectivity index (χ1n) is 9.66. The third-order valence-corrected chi connectivity index (χ3v) is 5.75. The van der Waals surface area contributed by atoms with Crippen LogP contribution in [0, 0.1) is 6.92 Å². The van der Waals surface area contributed by atoms with E-state index in [1.807, 2.05) is 55.5 Å². The molecule has 0 aliphatic carbocycles. The summed E-state index contributed by atoms with van der Waals surface area (Å²) in [6, 6.07) is 15.0. The van der Waals surface area contributed by atoms with Gasteiger partial charge in [0.15, 0.2) is 0 Å². The Balaban J connectivity index is 1.49. The second-order valence-corrected chi connectivity index (χ2v) is 7.89. The minimum atomic E-state index is -0.277. The fourth-order valence-electron chi connectivity index (χ4n) is 3.31. The van der Waals surface area contributed by atoms with Gasteiger partial charge < -0.3 is 5.32 Å². The Kier molecular flexibility index (Phi) is 6.06. The van der Waals surface area contributed by atoms with E-state index < -0.39 is 0 Å². The molecule has 1 atom stereocenters. The minimum absolute atomic E-state index is 0.223. The van der Waals surface area contributed by atoms with Crippen molar-refractivity contribution in [2.24, 2.45) is 0 Å². The van der Waals surface area contributed by atoms with E-state index >= 15 is 0 Å². The van der Waals surface area contributed by atoms with Gasteiger partial charge in [0, 0.05) is 5.02 Å². The lowest BCUT2D eigenvalue weighted by Crippen LogP contribution is -2.27. The number of nitrogens with zero attached hydrogens (tertiary/aromatic N) is 5. The van der Waals surface area contributed by atoms with Gasteiger partial charge in [-0.25, -0.2) is 14.3 Å². The molecule has 158 valence electrons. The maximum absolute atomic E-state index is 13.0. The summed E-state index contributed by atoms with van der Waals surface area (Å²) in [6.07, 6.45) is 3.11. The summed E-state index contributed by atoms with van der Waals surface area (Å²) in [6.45, 7) is 4.06. The highest BCUT2D eigenvalue weighted by Crippen LogP contribution is 2.24. The van der Waals surface area contributed by atoms with Crippen molar-refractivity contribution in [2.75, 3.05) is 0 Å². The van der Waals surface area contributed by atoms with Gasteiger partial charge >= 0.3 is 0 Å². The van der Waals surface area contributed by atoms with Crippen LogP contribution in [0.5, 0.6) is 0 Å². The van der Waals surface area contributed by atoms with Crippen LogP contribution in [0.15, 0.2) is 61.2 Å². The van der Waals surface area contributed by atoms with E-state index in [1.54, 1.807) is 22.6 Å². The number of carbonyl (C=O) groups is 1. The topological polar surface area (TPSA) is 77.6 Å². The van der Waals surface area contributed by atoms with E-state index in [9.17, 15) is 4.79 Å². The maximum atomic E-state index is 13.0. The average Bonchev–Trinajstić information content (AvgIpc) is 3.38. The molecule has 0 radical (unpaired) electrons. The summed E-state index contributed by atoms with van der Waals surface area (Å²) in [7, 11) is 0. The molecule has 2 aromatic heterocycles. The number of aromatic nitrogens is 5. The molecule has 4 rings (SSSR count). The van der Waals surface area contributed by atoms with Crippen molar-refractivity contribution in [3.63, 3.8) is 0 Å². The summed E-state index contributed by atoms with van der Waals surface area (Å²) in [5.41, 5.74) is 3.64. The van der Waals surface area contributed by atoms with Crippen molar-refractivity contribution in [1.82, 2.24) is 29.9 Å². The number of aryl methyl sites for hydroxylation is 1. The highest BCUT2D eigenvalue weighted by Gasteiger charge is 2.22. The van der Waals surface area contributed by atoms with E-state index in [-0.39, 0.29) is 17.1 Å². The van der Waals surface area contributed by atoms with Crippen LogP contribution in [-0.4, -0.2) is 30.5 Å². The predicted octanol–water partition coefficient (Wildman–Crippen LogP) is 4.62. The molecular weight excluding hydrogens is 435 g/mol. The minimum Gasteiger partial charge on any atom is -0.345 e. The zero-order chi connectivity index (χ0) is 22.0. The molecule has 0 aliphatic heterocycles. The normalized spacial score (nSPS) is 12.0. The molecule has 0 saturated carbocycles. The van der Waals surface area contributed by atoms with Gasteiger partial charge in [-0.3, -0.25) is 4.79 Å². The quantitative estimate of drug-likeness (QED) is 0.460. The van der Waals surface area contributed by atoms with E-state index in [4.69, 9.17) is 23.2 Å². The Morgan fingerprint density at radius 1 is 1.13 bits per heavy atom. The second-order valence-electron chi connectivity index (χ2n) is 7.13. The highest BCUT2D eigenvalue weighted by atomic mass is 35.5. The molecule has 7 nitrogen and oxygen atoms in total. The van der Waals surface area contributed by atoms with Gasteiger partial charge in [0.2, 0.25) is 0 Å². The van der Waals surface area contributed by atoms with Crippen LogP contribution in [0.4, 0.5) is 0 Å². The van der Waals surface area contributed by atoms with Crippen molar-refractivity contribution in [1.29, 1.82) is 0 Å². The zero-order valence-corrected chi connectivity index (χ0v) is 18.5. The Bertz CT molecular complexity index is 1200. The van der Waals surface area contributed by atoms with E-state index in [0.717, 1.165) is 16.8 Å². The summed E-state index contributed by atoms with van der Waals surface area (Å²) in [5.74, 6) is -0.277. The fourth-order valence-corrected chi connectivity index (χ4v) is 3.83. The number of nitrogens with one attached hydrogen (secondary N) is 1. The molecule has 1 amide bonds. The lowest BCUT2D eigenvalue weighted by atomic mass is 10.1. The Morgan fingerprint density at radius 3 is 2.55 bits per heavy atom. The third-order valence-electron chi connectivity index (χ3n) is 4.99. The van der Waals surface area contributed by atoms with Gasteiger partial charge in [-0.2, -0.15) is 10.2 Å². The standard InChI is InChI=1S/C22H20Cl2N6O/c1-14(16-7-9-18(10-8-16)30-13-25-12-26-30)27-22(31)20-15(2)28-29(21(20)24)11-17-5-3-4-6-19(17)23/h3-10,12-14H,11H2,1-2H3,(H,27,31). The largest absolute Gasteiger partial charge is 0.345 e. The van der Waals surface area contributed by atoms with Crippen molar-refractivity contribution in [2.45, 2.75) is 26.4 Å². The van der Waals surface area contributed by atoms with Gasteiger partial charge in [-0.1, -0.05) is 53.5 Å². The van der Waals surface area contributed by atoms with Crippen LogP contribution >= 0.6 is 23.2 Å². The smallest absolute Gasteiger partial charge is 0.256 e. The van der Waals surface area contributed by atoms with E-state index in [0.29, 0.717) is 22.8 Å². The van der Waals surface area contributed by atoms with Crippen molar-refractivity contribution in [3.8, 4) is 5.69 Å². The first-order valence-corrected chi connectivity index (χ1v) is 10.4. The van der Waals surface area contributed by atoms with Gasteiger partial charge in [-0.15, -0.1) is 0 Å². The molecule has 2 aromatic carbocycles. The Labute approximate surface area is 189 Å². The van der Waals surface area contributed by atoms with Crippen LogP contribution in [-0.2, 0) is 6.54 Å². The van der Waals surface area contributed by atoms with Crippen molar-refractivity contribution >= 4 is 29.1 Å². The van der Waals surface area contributed by atoms with Crippen LogP contribution in [0.3, 0.4) is 0 Å². The summed E-state index contributed by atoms with van der Waals surface area (Å²) in [5, 5.41) is 12.5. The number of amides is 1. The number of carbonyl (C=O) groups excluding carboxylic acids is 1. The van der Waals surface area contributed by atoms with Crippen LogP contribution < -0.4 is 5.32 Å². The maximum Gasteiger partial charge on any atom is 0.256 e. The van der Waals surface area contributed by atoms with E-state index in [2.05, 4.69) is 20.5 Å². The SMILES string of the molecule is Cc1nn(Cc2ccccc2Cl)c(Cl)c1C(=O)NC(C)c1ccc(-n2cncn2)cc1. The zero-order valence-electron chi connectivity index (χ0n) is 17.0. The molecule has 4 aromatic rings. The van der Waals surface area contributed by atoms with Gasteiger partial charge in [0.05, 0.1) is 29.5 Å². The second kappa shape index (κ2) is 8.91. The lowest BCUT2D eigenvalue weighted by Gasteiger charge is -2.15. The first kappa shape index (κ1) is 21.1. The molecule has 0 aliphatic rings. The van der Waals surface area contributed by atoms with Crippen molar-refractivity contribution in [3.05, 3.63) is 93.7 Å². The molecule has 1 unspecified atom stereocenters. The molecule has 0 fully saturated rings. The lowest BCUT2D eigenvalue weighted by molar-refractivity contribution is 0.0939. The van der Waals surface area contributed by atoms with Crippen molar-refractivity contribution < 1.29 is 4.79 Å². The molecule has 0 saturated heterocycles.